The van der Waals surface area contributed by atoms with Gasteiger partial charge in [-0.25, -0.2) is 14.8 Å². The number of halogens is 3. The van der Waals surface area contributed by atoms with Crippen LogP contribution in [-0.4, -0.2) is 87.3 Å². The number of piperidine rings is 1. The van der Waals surface area contributed by atoms with E-state index in [0.717, 1.165) is 52.5 Å². The number of anilines is 2. The zero-order valence-electron chi connectivity index (χ0n) is 22.9. The quantitative estimate of drug-likeness (QED) is 0.344. The summed E-state index contributed by atoms with van der Waals surface area (Å²) in [5, 5.41) is 22.4. The molecule has 0 amide bonds. The summed E-state index contributed by atoms with van der Waals surface area (Å²) in [5.74, 6) is -2.89. The fourth-order valence-corrected chi connectivity index (χ4v) is 5.08. The molecule has 0 aliphatic carbocycles. The summed E-state index contributed by atoms with van der Waals surface area (Å²) in [6.45, 7) is 4.26. The second kappa shape index (κ2) is 12.7. The van der Waals surface area contributed by atoms with E-state index < -0.39 is 18.1 Å². The molecule has 11 nitrogen and oxygen atoms in total. The van der Waals surface area contributed by atoms with Crippen molar-refractivity contribution in [2.24, 2.45) is 5.92 Å². The Balaban J connectivity index is 0.000000472. The lowest BCUT2D eigenvalue weighted by Gasteiger charge is -2.31. The maximum atomic E-state index is 11.5. The van der Waals surface area contributed by atoms with Crippen molar-refractivity contribution in [1.82, 2.24) is 19.6 Å². The van der Waals surface area contributed by atoms with Crippen LogP contribution in [0.5, 0.6) is 0 Å². The van der Waals surface area contributed by atoms with Crippen LogP contribution in [0.25, 0.3) is 28.7 Å². The van der Waals surface area contributed by atoms with Gasteiger partial charge >= 0.3 is 18.1 Å². The Kier molecular flexibility index (Phi) is 8.76. The molecule has 1 aromatic carbocycles. The number of carboxylic acids is 2. The first-order valence-electron chi connectivity index (χ1n) is 13.6. The average Bonchev–Trinajstić information content (AvgIpc) is 3.39. The van der Waals surface area contributed by atoms with Crippen molar-refractivity contribution < 1.29 is 37.7 Å². The number of pyridine rings is 1. The highest BCUT2D eigenvalue weighted by Gasteiger charge is 2.38. The number of hydrogen-bond acceptors (Lipinski definition) is 8. The normalized spacial score (nSPS) is 16.4. The zero-order valence-corrected chi connectivity index (χ0v) is 22.9. The summed E-state index contributed by atoms with van der Waals surface area (Å²) in [5.41, 5.74) is 4.41. The number of para-hydroxylation sites is 1. The van der Waals surface area contributed by atoms with Crippen LogP contribution < -0.4 is 9.80 Å². The molecule has 14 heteroatoms. The lowest BCUT2D eigenvalue weighted by molar-refractivity contribution is -0.192. The number of nitrogens with zero attached hydrogens (tertiary/aromatic N) is 6. The Bertz CT molecular complexity index is 1640. The average molecular weight is 599 g/mol. The molecule has 0 saturated carbocycles. The summed E-state index contributed by atoms with van der Waals surface area (Å²) in [7, 11) is 0. The van der Waals surface area contributed by atoms with Gasteiger partial charge in [0.25, 0.3) is 0 Å². The van der Waals surface area contributed by atoms with Gasteiger partial charge in [-0.1, -0.05) is 24.3 Å². The van der Waals surface area contributed by atoms with Crippen LogP contribution in [0.2, 0.25) is 0 Å². The van der Waals surface area contributed by atoms with Gasteiger partial charge in [0.1, 0.15) is 5.69 Å². The zero-order chi connectivity index (χ0) is 30.6. The van der Waals surface area contributed by atoms with Gasteiger partial charge in [0.05, 0.1) is 42.2 Å². The fraction of sp³-hybridized carbons (Fsp3) is 0.345. The van der Waals surface area contributed by atoms with Crippen molar-refractivity contribution in [2.75, 3.05) is 49.2 Å². The minimum absolute atomic E-state index is 0.307. The number of morpholine rings is 1. The van der Waals surface area contributed by atoms with E-state index in [-0.39, 0.29) is 5.92 Å². The standard InChI is InChI=1S/C27H28N6O3.C2HF3O2/c34-27(35)20-10-13-32(14-11-20)26-23(8-7-21-6-5-19-3-1-2-4-22(19)29-21)30-25-24(9-12-28-33(25)26)31-15-17-36-18-16-31;3-2(4,5)1(6)7/h1-9,12,20H,10-11,13-18H2,(H,34,35);(H,6,7)/b8-7+;. The highest BCUT2D eigenvalue weighted by Crippen LogP contribution is 2.32. The van der Waals surface area contributed by atoms with Gasteiger partial charge in [-0.15, -0.1) is 0 Å². The largest absolute Gasteiger partial charge is 0.490 e. The van der Waals surface area contributed by atoms with E-state index in [4.69, 9.17) is 24.6 Å². The molecule has 2 aliphatic rings. The Morgan fingerprint density at radius 2 is 1.60 bits per heavy atom. The van der Waals surface area contributed by atoms with Gasteiger partial charge in [0.15, 0.2) is 11.5 Å². The van der Waals surface area contributed by atoms with Crippen LogP contribution in [0.4, 0.5) is 24.7 Å². The smallest absolute Gasteiger partial charge is 0.481 e. The monoisotopic (exact) mass is 598 g/mol. The molecule has 2 saturated heterocycles. The maximum absolute atomic E-state index is 11.5. The predicted molar refractivity (Wildman–Crippen MR) is 153 cm³/mol. The van der Waals surface area contributed by atoms with E-state index in [0.29, 0.717) is 39.1 Å². The fourth-order valence-electron chi connectivity index (χ4n) is 5.08. The van der Waals surface area contributed by atoms with Crippen LogP contribution in [0.1, 0.15) is 24.2 Å². The third-order valence-corrected chi connectivity index (χ3v) is 7.27. The number of benzene rings is 1. The first kappa shape index (κ1) is 29.8. The van der Waals surface area contributed by atoms with Gasteiger partial charge in [-0.2, -0.15) is 22.8 Å². The second-order valence-electron chi connectivity index (χ2n) is 10.0. The third kappa shape index (κ3) is 6.85. The van der Waals surface area contributed by atoms with Gasteiger partial charge in [-0.3, -0.25) is 4.79 Å². The van der Waals surface area contributed by atoms with E-state index in [1.165, 1.54) is 0 Å². The molecule has 226 valence electrons. The predicted octanol–water partition coefficient (Wildman–Crippen LogP) is 4.22. The Hall–Kier alpha value is -4.72. The molecule has 0 atom stereocenters. The Morgan fingerprint density at radius 3 is 2.28 bits per heavy atom. The summed E-state index contributed by atoms with van der Waals surface area (Å²) in [4.78, 5) is 34.7. The summed E-state index contributed by atoms with van der Waals surface area (Å²) in [6, 6.07) is 14.1. The van der Waals surface area contributed by atoms with Crippen molar-refractivity contribution in [2.45, 2.75) is 19.0 Å². The molecule has 6 rings (SSSR count). The van der Waals surface area contributed by atoms with E-state index in [1.54, 1.807) is 0 Å². The van der Waals surface area contributed by atoms with Crippen LogP contribution in [0.15, 0.2) is 48.7 Å². The molecule has 4 aromatic rings. The lowest BCUT2D eigenvalue weighted by Crippen LogP contribution is -2.37. The molecule has 3 aromatic heterocycles. The van der Waals surface area contributed by atoms with Gasteiger partial charge < -0.3 is 24.7 Å². The lowest BCUT2D eigenvalue weighted by atomic mass is 9.97. The number of carbonyl (C=O) groups is 2. The van der Waals surface area contributed by atoms with Crippen LogP contribution >= 0.6 is 0 Å². The first-order valence-corrected chi connectivity index (χ1v) is 13.6. The molecular weight excluding hydrogens is 569 g/mol. The number of hydrogen-bond donors (Lipinski definition) is 2. The van der Waals surface area contributed by atoms with E-state index in [1.807, 2.05) is 53.2 Å². The first-order chi connectivity index (χ1) is 20.6. The topological polar surface area (TPSA) is 133 Å². The molecule has 2 fully saturated rings. The van der Waals surface area contributed by atoms with Crippen molar-refractivity contribution >= 4 is 52.1 Å². The van der Waals surface area contributed by atoms with Crippen molar-refractivity contribution in [3.8, 4) is 0 Å². The van der Waals surface area contributed by atoms with Crippen molar-refractivity contribution in [3.05, 3.63) is 60.0 Å². The SMILES string of the molecule is O=C(O)C(F)(F)F.O=C(O)C1CCN(c2c(/C=C/c3ccc4ccccc4n3)nc3c(N4CCOCC4)ccnn23)CC1. The van der Waals surface area contributed by atoms with Crippen molar-refractivity contribution in [3.63, 3.8) is 0 Å². The number of aliphatic carboxylic acids is 2. The number of aromatic nitrogens is 4. The van der Waals surface area contributed by atoms with Gasteiger partial charge in [0.2, 0.25) is 0 Å². The number of imidazole rings is 1. The molecule has 2 N–H and O–H groups in total. The van der Waals surface area contributed by atoms with Crippen LogP contribution in [0.3, 0.4) is 0 Å². The second-order valence-corrected chi connectivity index (χ2v) is 10.0. The van der Waals surface area contributed by atoms with Gasteiger partial charge in [-0.05, 0) is 43.2 Å². The summed E-state index contributed by atoms with van der Waals surface area (Å²) >= 11 is 0. The molecule has 2 aliphatic heterocycles. The summed E-state index contributed by atoms with van der Waals surface area (Å²) < 4.78 is 39.2. The van der Waals surface area contributed by atoms with E-state index >= 15 is 0 Å². The molecule has 0 radical (unpaired) electrons. The molecule has 43 heavy (non-hydrogen) atoms. The Labute approximate surface area is 243 Å². The number of fused-ring (bicyclic) bond motifs is 2. The molecule has 0 bridgehead atoms. The molecule has 0 unspecified atom stereocenters. The molecule has 0 spiro atoms. The molecular formula is C29H29F3N6O5. The van der Waals surface area contributed by atoms with Crippen LogP contribution in [-0.2, 0) is 14.3 Å². The van der Waals surface area contributed by atoms with Crippen molar-refractivity contribution in [1.29, 1.82) is 0 Å². The highest BCUT2D eigenvalue weighted by molar-refractivity contribution is 5.83. The minimum Gasteiger partial charge on any atom is -0.481 e. The summed E-state index contributed by atoms with van der Waals surface area (Å²) in [6.07, 6.45) is 1.90. The van der Waals surface area contributed by atoms with E-state index in [2.05, 4.69) is 27.0 Å². The third-order valence-electron chi connectivity index (χ3n) is 7.27. The maximum Gasteiger partial charge on any atom is 0.490 e. The van der Waals surface area contributed by atoms with Crippen LogP contribution in [0, 0.1) is 5.92 Å². The number of carboxylic acid groups (broad SMARTS) is 2. The minimum atomic E-state index is -5.08. The van der Waals surface area contributed by atoms with E-state index in [9.17, 15) is 23.1 Å². The Morgan fingerprint density at radius 1 is 0.907 bits per heavy atom. The molecule has 5 heterocycles. The number of ether oxygens (including phenoxy) is 1. The number of rotatable bonds is 5. The highest BCUT2D eigenvalue weighted by atomic mass is 19.4. The number of alkyl halides is 3. The van der Waals surface area contributed by atoms with Gasteiger partial charge in [0, 0.05) is 31.6 Å².